The summed E-state index contributed by atoms with van der Waals surface area (Å²) < 4.78 is 4.91. The molecular weight excluding hydrogens is 284 g/mol. The second-order valence-corrected chi connectivity index (χ2v) is 4.81. The van der Waals surface area contributed by atoms with Gasteiger partial charge in [-0.05, 0) is 18.6 Å². The lowest BCUT2D eigenvalue weighted by molar-refractivity contribution is -0.181. The minimum absolute atomic E-state index is 0.0434. The highest BCUT2D eigenvalue weighted by atomic mass is 16.6. The summed E-state index contributed by atoms with van der Waals surface area (Å²) in [6.45, 7) is 1.66. The molecule has 2 aromatic carbocycles. The molecule has 0 saturated heterocycles. The standard InChI is InChI=1S/C17H18O5/c1-2-22-16(20)17(21,12-8-4-3-5-9-12)15(19)13-10-6-7-11-14(13)18/h3-11,15,18-19,21H,2H2,1H3. The van der Waals surface area contributed by atoms with E-state index in [2.05, 4.69) is 0 Å². The normalized spacial score (nSPS) is 14.9. The molecule has 0 aliphatic carbocycles. The fraction of sp³-hybridized carbons (Fsp3) is 0.235. The molecule has 0 fully saturated rings. The molecule has 0 heterocycles. The van der Waals surface area contributed by atoms with E-state index in [-0.39, 0.29) is 23.5 Å². The van der Waals surface area contributed by atoms with Gasteiger partial charge in [0.15, 0.2) is 0 Å². The number of ether oxygens (including phenoxy) is 1. The molecule has 0 aliphatic rings. The lowest BCUT2D eigenvalue weighted by Gasteiger charge is -2.31. The number of esters is 1. The van der Waals surface area contributed by atoms with Gasteiger partial charge in [-0.25, -0.2) is 4.79 Å². The van der Waals surface area contributed by atoms with Crippen LogP contribution in [0.25, 0.3) is 0 Å². The number of para-hydroxylation sites is 1. The number of phenols is 1. The molecule has 2 atom stereocenters. The van der Waals surface area contributed by atoms with Gasteiger partial charge in [-0.15, -0.1) is 0 Å². The van der Waals surface area contributed by atoms with Crippen LogP contribution in [-0.4, -0.2) is 27.9 Å². The van der Waals surface area contributed by atoms with Crippen molar-refractivity contribution >= 4 is 5.97 Å². The topological polar surface area (TPSA) is 87.0 Å². The largest absolute Gasteiger partial charge is 0.508 e. The fourth-order valence-corrected chi connectivity index (χ4v) is 2.26. The van der Waals surface area contributed by atoms with Gasteiger partial charge in [-0.1, -0.05) is 48.5 Å². The summed E-state index contributed by atoms with van der Waals surface area (Å²) in [7, 11) is 0. The summed E-state index contributed by atoms with van der Waals surface area (Å²) >= 11 is 0. The maximum absolute atomic E-state index is 12.3. The number of aromatic hydroxyl groups is 1. The summed E-state index contributed by atoms with van der Waals surface area (Å²) in [5.74, 6) is -1.19. The third-order valence-electron chi connectivity index (χ3n) is 3.43. The van der Waals surface area contributed by atoms with Gasteiger partial charge >= 0.3 is 5.97 Å². The zero-order valence-electron chi connectivity index (χ0n) is 12.1. The number of aliphatic hydroxyl groups excluding tert-OH is 1. The number of hydrogen-bond donors (Lipinski definition) is 3. The van der Waals surface area contributed by atoms with Gasteiger partial charge in [0, 0.05) is 5.56 Å². The number of carbonyl (C=O) groups is 1. The van der Waals surface area contributed by atoms with E-state index in [1.165, 1.54) is 24.3 Å². The highest BCUT2D eigenvalue weighted by Gasteiger charge is 2.48. The van der Waals surface area contributed by atoms with Crippen LogP contribution in [0.2, 0.25) is 0 Å². The number of benzene rings is 2. The van der Waals surface area contributed by atoms with E-state index in [4.69, 9.17) is 4.74 Å². The SMILES string of the molecule is CCOC(=O)C(O)(c1ccccc1)C(O)c1ccccc1O. The quantitative estimate of drug-likeness (QED) is 0.734. The lowest BCUT2D eigenvalue weighted by Crippen LogP contribution is -2.43. The smallest absolute Gasteiger partial charge is 0.346 e. The number of phenolic OH excluding ortho intramolecular Hbond substituents is 1. The van der Waals surface area contributed by atoms with Gasteiger partial charge < -0.3 is 20.1 Å². The van der Waals surface area contributed by atoms with Gasteiger partial charge in [0.05, 0.1) is 6.61 Å². The molecule has 0 spiro atoms. The third-order valence-corrected chi connectivity index (χ3v) is 3.43. The van der Waals surface area contributed by atoms with Crippen LogP contribution in [0.5, 0.6) is 5.75 Å². The van der Waals surface area contributed by atoms with Crippen molar-refractivity contribution in [2.45, 2.75) is 18.6 Å². The summed E-state index contributed by atoms with van der Waals surface area (Å²) in [6, 6.07) is 14.0. The Morgan fingerprint density at radius 2 is 1.73 bits per heavy atom. The molecule has 5 heteroatoms. The molecule has 5 nitrogen and oxygen atoms in total. The number of rotatable bonds is 5. The predicted molar refractivity (Wildman–Crippen MR) is 80.0 cm³/mol. The Morgan fingerprint density at radius 1 is 1.14 bits per heavy atom. The van der Waals surface area contributed by atoms with E-state index in [1.807, 2.05) is 0 Å². The molecule has 22 heavy (non-hydrogen) atoms. The maximum atomic E-state index is 12.3. The summed E-state index contributed by atoms with van der Waals surface area (Å²) in [5, 5.41) is 31.3. The first-order chi connectivity index (χ1) is 10.5. The van der Waals surface area contributed by atoms with E-state index in [0.717, 1.165) is 0 Å². The monoisotopic (exact) mass is 302 g/mol. The Kier molecular flexibility index (Phi) is 4.80. The van der Waals surface area contributed by atoms with Crippen LogP contribution in [-0.2, 0) is 15.1 Å². The van der Waals surface area contributed by atoms with Gasteiger partial charge in [0.1, 0.15) is 11.9 Å². The van der Waals surface area contributed by atoms with Crippen molar-refractivity contribution < 1.29 is 24.9 Å². The number of carbonyl (C=O) groups excluding carboxylic acids is 1. The van der Waals surface area contributed by atoms with Crippen LogP contribution in [0.3, 0.4) is 0 Å². The van der Waals surface area contributed by atoms with Crippen molar-refractivity contribution in [2.75, 3.05) is 6.61 Å². The van der Waals surface area contributed by atoms with E-state index >= 15 is 0 Å². The first kappa shape index (κ1) is 16.0. The molecule has 0 bridgehead atoms. The Labute approximate surface area is 128 Å². The molecule has 0 saturated carbocycles. The van der Waals surface area contributed by atoms with E-state index < -0.39 is 17.7 Å². The number of hydrogen-bond acceptors (Lipinski definition) is 5. The number of aliphatic hydroxyl groups is 2. The zero-order valence-corrected chi connectivity index (χ0v) is 12.1. The van der Waals surface area contributed by atoms with E-state index in [9.17, 15) is 20.1 Å². The molecule has 3 N–H and O–H groups in total. The van der Waals surface area contributed by atoms with Gasteiger partial charge in [-0.2, -0.15) is 0 Å². The highest BCUT2D eigenvalue weighted by molar-refractivity contribution is 5.82. The van der Waals surface area contributed by atoms with Crippen LogP contribution in [0, 0.1) is 0 Å². The average molecular weight is 302 g/mol. The summed E-state index contributed by atoms with van der Waals surface area (Å²) in [6.07, 6.45) is -1.67. The second kappa shape index (κ2) is 6.60. The van der Waals surface area contributed by atoms with Gasteiger partial charge in [0.2, 0.25) is 5.60 Å². The third kappa shape index (κ3) is 2.81. The van der Waals surface area contributed by atoms with Crippen molar-refractivity contribution in [3.8, 4) is 5.75 Å². The van der Waals surface area contributed by atoms with Crippen LogP contribution in [0.1, 0.15) is 24.2 Å². The molecule has 116 valence electrons. The molecule has 2 unspecified atom stereocenters. The maximum Gasteiger partial charge on any atom is 0.346 e. The zero-order chi connectivity index (χ0) is 16.2. The Hall–Kier alpha value is -2.37. The molecule has 2 rings (SSSR count). The minimum Gasteiger partial charge on any atom is -0.508 e. The fourth-order valence-electron chi connectivity index (χ4n) is 2.26. The first-order valence-electron chi connectivity index (χ1n) is 6.92. The molecule has 0 amide bonds. The first-order valence-corrected chi connectivity index (χ1v) is 6.92. The van der Waals surface area contributed by atoms with Crippen molar-refractivity contribution in [3.63, 3.8) is 0 Å². The average Bonchev–Trinajstić information content (AvgIpc) is 2.55. The molecular formula is C17H18O5. The van der Waals surface area contributed by atoms with Crippen molar-refractivity contribution in [3.05, 3.63) is 65.7 Å². The molecule has 0 aliphatic heterocycles. The van der Waals surface area contributed by atoms with Gasteiger partial charge in [-0.3, -0.25) is 0 Å². The van der Waals surface area contributed by atoms with E-state index in [0.29, 0.717) is 0 Å². The van der Waals surface area contributed by atoms with Crippen LogP contribution in [0.15, 0.2) is 54.6 Å². The molecule has 0 aromatic heterocycles. The predicted octanol–water partition coefficient (Wildman–Crippen LogP) is 1.88. The van der Waals surface area contributed by atoms with Crippen LogP contribution < -0.4 is 0 Å². The highest BCUT2D eigenvalue weighted by Crippen LogP contribution is 2.39. The van der Waals surface area contributed by atoms with E-state index in [1.54, 1.807) is 37.3 Å². The second-order valence-electron chi connectivity index (χ2n) is 4.81. The molecule has 0 radical (unpaired) electrons. The minimum atomic E-state index is -2.31. The van der Waals surface area contributed by atoms with Crippen molar-refractivity contribution in [2.24, 2.45) is 0 Å². The Morgan fingerprint density at radius 3 is 2.32 bits per heavy atom. The van der Waals surface area contributed by atoms with Crippen molar-refractivity contribution in [1.82, 2.24) is 0 Å². The summed E-state index contributed by atoms with van der Waals surface area (Å²) in [5.41, 5.74) is -2.08. The summed E-state index contributed by atoms with van der Waals surface area (Å²) in [4.78, 5) is 12.3. The van der Waals surface area contributed by atoms with Gasteiger partial charge in [0.25, 0.3) is 0 Å². The van der Waals surface area contributed by atoms with Crippen LogP contribution >= 0.6 is 0 Å². The molecule has 2 aromatic rings. The lowest BCUT2D eigenvalue weighted by atomic mass is 9.84. The Bertz CT molecular complexity index is 641. The van der Waals surface area contributed by atoms with Crippen LogP contribution in [0.4, 0.5) is 0 Å². The Balaban J connectivity index is 2.54. The van der Waals surface area contributed by atoms with Crippen molar-refractivity contribution in [1.29, 1.82) is 0 Å².